The Bertz CT molecular complexity index is 1030. The quantitative estimate of drug-likeness (QED) is 0.323. The van der Waals surface area contributed by atoms with Gasteiger partial charge in [0.2, 0.25) is 5.82 Å². The first kappa shape index (κ1) is 27.9. The maximum atomic E-state index is 14.5. The van der Waals surface area contributed by atoms with E-state index >= 15 is 0 Å². The molecular formula is C15H6F15N3S. The molecule has 0 saturated carbocycles. The second-order valence-corrected chi connectivity index (χ2v) is 6.84. The Morgan fingerprint density at radius 1 is 0.559 bits per heavy atom. The number of halogens is 15. The summed E-state index contributed by atoms with van der Waals surface area (Å²) in [5, 5.41) is 4.10. The maximum absolute atomic E-state index is 14.5. The second-order valence-electron chi connectivity index (χ2n) is 6.44. The second kappa shape index (κ2) is 7.84. The highest BCUT2D eigenvalue weighted by molar-refractivity contribution is 7.80. The van der Waals surface area contributed by atoms with Crippen LogP contribution in [0.15, 0.2) is 35.5 Å². The van der Waals surface area contributed by atoms with Crippen LogP contribution >= 0.6 is 12.6 Å². The summed E-state index contributed by atoms with van der Waals surface area (Å²) in [6.45, 7) is 0. The maximum Gasteiger partial charge on any atom is 0.460 e. The number of hydrogen-bond acceptors (Lipinski definition) is 3. The Morgan fingerprint density at radius 3 is 1.41 bits per heavy atom. The van der Waals surface area contributed by atoms with Gasteiger partial charge in [-0.15, -0.1) is 22.8 Å². The van der Waals surface area contributed by atoms with Gasteiger partial charge in [0.25, 0.3) is 0 Å². The normalized spacial score (nSPS) is 15.1. The van der Waals surface area contributed by atoms with E-state index in [0.717, 1.165) is 24.3 Å². The molecule has 0 aliphatic rings. The van der Waals surface area contributed by atoms with Crippen molar-refractivity contribution in [1.29, 1.82) is 0 Å². The highest BCUT2D eigenvalue weighted by atomic mass is 32.1. The summed E-state index contributed by atoms with van der Waals surface area (Å²) in [4.78, 5) is 0. The molecule has 2 rings (SSSR count). The van der Waals surface area contributed by atoms with Gasteiger partial charge in [-0.25, -0.2) is 0 Å². The van der Waals surface area contributed by atoms with E-state index < -0.39 is 58.4 Å². The van der Waals surface area contributed by atoms with Gasteiger partial charge < -0.3 is 0 Å². The van der Waals surface area contributed by atoms with Crippen LogP contribution in [0.2, 0.25) is 0 Å². The molecule has 0 unspecified atom stereocenters. The highest BCUT2D eigenvalue weighted by Gasteiger charge is 2.93. The molecule has 0 amide bonds. The largest absolute Gasteiger partial charge is 0.460 e. The first-order valence-corrected chi connectivity index (χ1v) is 8.48. The summed E-state index contributed by atoms with van der Waals surface area (Å²) in [6.07, 6.45) is -7.66. The van der Waals surface area contributed by atoms with Gasteiger partial charge in [0.05, 0.1) is 0 Å². The molecule has 1 heterocycles. The molecule has 0 aliphatic heterocycles. The lowest BCUT2D eigenvalue weighted by molar-refractivity contribution is -0.454. The number of nitrogens with zero attached hydrogens (tertiary/aromatic N) is 3. The third-order valence-electron chi connectivity index (χ3n) is 4.27. The van der Waals surface area contributed by atoms with Crippen molar-refractivity contribution >= 4 is 12.6 Å². The number of para-hydroxylation sites is 1. The molecule has 0 radical (unpaired) electrons. The van der Waals surface area contributed by atoms with Gasteiger partial charge in [-0.1, -0.05) is 18.2 Å². The molecule has 0 aliphatic carbocycles. The molecule has 0 saturated heterocycles. The third-order valence-corrected chi connectivity index (χ3v) is 4.56. The lowest BCUT2D eigenvalue weighted by atomic mass is 9.91. The molecule has 34 heavy (non-hydrogen) atoms. The van der Waals surface area contributed by atoms with Crippen LogP contribution < -0.4 is 0 Å². The fraction of sp³-hybridized carbons (Fsp3) is 0.467. The van der Waals surface area contributed by atoms with Crippen LogP contribution in [-0.4, -0.2) is 50.6 Å². The van der Waals surface area contributed by atoms with Crippen LogP contribution in [0.5, 0.6) is 0 Å². The van der Waals surface area contributed by atoms with Gasteiger partial charge >= 0.3 is 41.7 Å². The zero-order valence-corrected chi connectivity index (χ0v) is 16.2. The van der Waals surface area contributed by atoms with E-state index in [1.807, 2.05) is 0 Å². The molecule has 0 N–H and O–H groups in total. The molecule has 0 bridgehead atoms. The summed E-state index contributed by atoms with van der Waals surface area (Å²) in [5.41, 5.74) is -0.619. The fourth-order valence-corrected chi connectivity index (χ4v) is 2.66. The minimum Gasteiger partial charge on any atom is -0.269 e. The first-order chi connectivity index (χ1) is 15.0. The van der Waals surface area contributed by atoms with Crippen molar-refractivity contribution in [3.63, 3.8) is 0 Å². The monoisotopic (exact) mass is 545 g/mol. The van der Waals surface area contributed by atoms with Crippen molar-refractivity contribution < 1.29 is 65.9 Å². The molecule has 3 nitrogen and oxygen atoms in total. The van der Waals surface area contributed by atoms with Crippen molar-refractivity contribution in [2.75, 3.05) is 0 Å². The molecule has 0 spiro atoms. The number of aromatic nitrogens is 3. The van der Waals surface area contributed by atoms with Crippen molar-refractivity contribution in [3.05, 3.63) is 36.2 Å². The zero-order valence-electron chi connectivity index (χ0n) is 15.3. The van der Waals surface area contributed by atoms with E-state index in [1.54, 1.807) is 0 Å². The number of rotatable bonds is 7. The molecule has 2 aromatic rings. The summed E-state index contributed by atoms with van der Waals surface area (Å²) in [7, 11) is 0. The van der Waals surface area contributed by atoms with Gasteiger partial charge in [0.15, 0.2) is 5.16 Å². The van der Waals surface area contributed by atoms with Crippen LogP contribution in [0.25, 0.3) is 5.69 Å². The highest BCUT2D eigenvalue weighted by Crippen LogP contribution is 2.63. The Kier molecular flexibility index (Phi) is 6.43. The van der Waals surface area contributed by atoms with Gasteiger partial charge in [0, 0.05) is 5.69 Å². The van der Waals surface area contributed by atoms with Crippen molar-refractivity contribution in [2.24, 2.45) is 0 Å². The number of hydrogen-bond donors (Lipinski definition) is 1. The van der Waals surface area contributed by atoms with Gasteiger partial charge in [-0.2, -0.15) is 65.9 Å². The van der Waals surface area contributed by atoms with Crippen molar-refractivity contribution in [1.82, 2.24) is 14.8 Å². The summed E-state index contributed by atoms with van der Waals surface area (Å²) in [6, 6.07) is 5.03. The lowest BCUT2D eigenvalue weighted by Gasteiger charge is -2.41. The van der Waals surface area contributed by atoms with E-state index in [1.165, 1.54) is 6.07 Å². The van der Waals surface area contributed by atoms with Gasteiger partial charge in [-0.3, -0.25) is 4.57 Å². The topological polar surface area (TPSA) is 30.7 Å². The Balaban J connectivity index is 2.71. The van der Waals surface area contributed by atoms with E-state index in [9.17, 15) is 65.9 Å². The number of alkyl halides is 15. The Morgan fingerprint density at radius 2 is 0.971 bits per heavy atom. The number of thiol groups is 1. The van der Waals surface area contributed by atoms with Gasteiger partial charge in [0.1, 0.15) is 0 Å². The van der Waals surface area contributed by atoms with Gasteiger partial charge in [-0.05, 0) is 12.1 Å². The van der Waals surface area contributed by atoms with Crippen molar-refractivity contribution in [2.45, 2.75) is 46.9 Å². The van der Waals surface area contributed by atoms with Crippen LogP contribution in [-0.2, 0) is 5.92 Å². The van der Waals surface area contributed by atoms with E-state index in [0.29, 0.717) is 0 Å². The SMILES string of the molecule is FC(F)(F)C(F)(F)C(F)(F)C(F)(F)C(F)(F)C(F)(F)C(F)(F)c1nnc(S)n1-c1ccccc1. The predicted octanol–water partition coefficient (Wildman–Crippen LogP) is 6.39. The Hall–Kier alpha value is -2.34. The van der Waals surface area contributed by atoms with Crippen LogP contribution in [0, 0.1) is 0 Å². The lowest BCUT2D eigenvalue weighted by Crippen LogP contribution is -2.72. The standard InChI is InChI=1S/C15H6F15N3S/c16-9(17,7-31-32-8(34)33(7)6-4-2-1-3-5-6)10(18,19)11(20,21)12(22,23)13(24,25)14(26,27)15(28,29)30/h1-5H,(H,32,34). The molecule has 0 fully saturated rings. The van der Waals surface area contributed by atoms with E-state index in [4.69, 9.17) is 0 Å². The minimum absolute atomic E-state index is 0.215. The smallest absolute Gasteiger partial charge is 0.269 e. The van der Waals surface area contributed by atoms with Crippen LogP contribution in [0.4, 0.5) is 65.9 Å². The third kappa shape index (κ3) is 3.57. The molecular weight excluding hydrogens is 539 g/mol. The molecule has 1 aromatic carbocycles. The van der Waals surface area contributed by atoms with E-state index in [2.05, 4.69) is 22.8 Å². The Labute approximate surface area is 183 Å². The zero-order chi connectivity index (χ0) is 26.8. The molecule has 19 heteroatoms. The summed E-state index contributed by atoms with van der Waals surface area (Å²) in [5.74, 6) is -50.0. The molecule has 1 aromatic heterocycles. The molecule has 192 valence electrons. The van der Waals surface area contributed by atoms with Crippen LogP contribution in [0.3, 0.4) is 0 Å². The predicted molar refractivity (Wildman–Crippen MR) is 83.3 cm³/mol. The average Bonchev–Trinajstić information content (AvgIpc) is 3.09. The fourth-order valence-electron chi connectivity index (χ4n) is 2.40. The summed E-state index contributed by atoms with van der Waals surface area (Å²) < 4.78 is 201. The average molecular weight is 545 g/mol. The number of benzene rings is 1. The van der Waals surface area contributed by atoms with Crippen LogP contribution in [0.1, 0.15) is 5.82 Å². The first-order valence-electron chi connectivity index (χ1n) is 8.04. The van der Waals surface area contributed by atoms with E-state index in [-0.39, 0.29) is 4.57 Å². The summed E-state index contributed by atoms with van der Waals surface area (Å²) >= 11 is 3.43. The van der Waals surface area contributed by atoms with Crippen molar-refractivity contribution in [3.8, 4) is 5.69 Å². The minimum atomic E-state index is -8.38. The molecule has 0 atom stereocenters.